The van der Waals surface area contributed by atoms with Gasteiger partial charge >= 0.3 is 5.97 Å². The number of carbonyl (C=O) groups is 1. The standard InChI is InChI=1S/C29H36F2NO3.BrH/c1-32(18-8-11-21-9-4-2-5-10-21)20-22-14-15-25(32)26(22)35-27(33)29(34,23-12-6-3-7-13-23)24-16-17-28(30,31)19-24;/h2-7,9-10,12-13,22,24-26,34H,8,11,14-20H2,1H3;1H/q+1;/p-1/t22?,24-,25-,26?,29+,32?;/m1./s1. The number of fused-ring (bicyclic) bond motifs is 2. The first-order valence-corrected chi connectivity index (χ1v) is 13.0. The number of piperidine rings is 1. The lowest BCUT2D eigenvalue weighted by Crippen LogP contribution is -3.00. The molecule has 1 aliphatic heterocycles. The number of rotatable bonds is 8. The van der Waals surface area contributed by atoms with E-state index in [-0.39, 0.29) is 47.9 Å². The van der Waals surface area contributed by atoms with Crippen molar-refractivity contribution in [3.8, 4) is 0 Å². The van der Waals surface area contributed by atoms with E-state index in [0.717, 1.165) is 43.3 Å². The van der Waals surface area contributed by atoms with Gasteiger partial charge in [-0.3, -0.25) is 0 Å². The Morgan fingerprint density at radius 3 is 2.39 bits per heavy atom. The maximum Gasteiger partial charge on any atom is 0.343 e. The largest absolute Gasteiger partial charge is 1.00 e. The fourth-order valence-electron chi connectivity index (χ4n) is 7.01. The average molecular weight is 565 g/mol. The van der Waals surface area contributed by atoms with Gasteiger partial charge < -0.3 is 31.3 Å². The van der Waals surface area contributed by atoms with Crippen molar-refractivity contribution in [2.75, 3.05) is 20.1 Å². The molecule has 7 heteroatoms. The summed E-state index contributed by atoms with van der Waals surface area (Å²) in [7, 11) is 2.25. The molecule has 0 spiro atoms. The number of aryl methyl sites for hydroxylation is 1. The van der Waals surface area contributed by atoms with Gasteiger partial charge in [0.25, 0.3) is 0 Å². The van der Waals surface area contributed by atoms with Crippen LogP contribution in [0.5, 0.6) is 0 Å². The number of hydrogen-bond acceptors (Lipinski definition) is 3. The van der Waals surface area contributed by atoms with E-state index >= 15 is 0 Å². The molecule has 2 saturated carbocycles. The van der Waals surface area contributed by atoms with Crippen molar-refractivity contribution in [1.29, 1.82) is 0 Å². The van der Waals surface area contributed by atoms with Crippen molar-refractivity contribution < 1.29 is 44.9 Å². The number of halogens is 3. The quantitative estimate of drug-likeness (QED) is 0.395. The Morgan fingerprint density at radius 2 is 1.75 bits per heavy atom. The van der Waals surface area contributed by atoms with Crippen molar-refractivity contribution in [2.45, 2.75) is 68.6 Å². The lowest BCUT2D eigenvalue weighted by atomic mass is 9.80. The summed E-state index contributed by atoms with van der Waals surface area (Å²) in [5.41, 5.74) is -0.384. The molecule has 1 heterocycles. The van der Waals surface area contributed by atoms with Crippen LogP contribution in [0.1, 0.15) is 49.7 Å². The second-order valence-corrected chi connectivity index (χ2v) is 11.2. The molecule has 196 valence electrons. The van der Waals surface area contributed by atoms with Crippen molar-refractivity contribution in [3.05, 3.63) is 71.8 Å². The van der Waals surface area contributed by atoms with Gasteiger partial charge in [-0.05, 0) is 30.4 Å². The first-order valence-electron chi connectivity index (χ1n) is 13.0. The maximum absolute atomic E-state index is 14.1. The highest BCUT2D eigenvalue weighted by Gasteiger charge is 2.60. The fraction of sp³-hybridized carbons (Fsp3) is 0.552. The lowest BCUT2D eigenvalue weighted by molar-refractivity contribution is -0.927. The van der Waals surface area contributed by atoms with Crippen molar-refractivity contribution in [3.63, 3.8) is 0 Å². The lowest BCUT2D eigenvalue weighted by Gasteiger charge is -2.39. The van der Waals surface area contributed by atoms with Crippen LogP contribution < -0.4 is 17.0 Å². The molecule has 3 fully saturated rings. The topological polar surface area (TPSA) is 46.5 Å². The summed E-state index contributed by atoms with van der Waals surface area (Å²) < 4.78 is 35.2. The van der Waals surface area contributed by atoms with E-state index in [2.05, 4.69) is 31.3 Å². The van der Waals surface area contributed by atoms with Crippen LogP contribution in [0.3, 0.4) is 0 Å². The molecule has 2 aromatic carbocycles. The summed E-state index contributed by atoms with van der Waals surface area (Å²) >= 11 is 0. The number of carbonyl (C=O) groups excluding carboxylic acids is 1. The smallest absolute Gasteiger partial charge is 0.343 e. The van der Waals surface area contributed by atoms with Crippen LogP contribution in [-0.4, -0.2) is 53.8 Å². The van der Waals surface area contributed by atoms with Gasteiger partial charge in [0.15, 0.2) is 11.7 Å². The first-order chi connectivity index (χ1) is 16.7. The minimum atomic E-state index is -2.87. The highest BCUT2D eigenvalue weighted by Crippen LogP contribution is 2.50. The third-order valence-corrected chi connectivity index (χ3v) is 8.87. The summed E-state index contributed by atoms with van der Waals surface area (Å²) in [5.74, 6) is -4.24. The number of esters is 1. The molecule has 3 unspecified atom stereocenters. The molecule has 0 amide bonds. The minimum absolute atomic E-state index is 0. The molecule has 0 radical (unpaired) electrons. The fourth-order valence-corrected chi connectivity index (χ4v) is 7.01. The first kappa shape index (κ1) is 27.2. The summed E-state index contributed by atoms with van der Waals surface area (Å²) in [5, 5.41) is 11.7. The second-order valence-electron chi connectivity index (χ2n) is 11.2. The Labute approximate surface area is 223 Å². The predicted octanol–water partition coefficient (Wildman–Crippen LogP) is 2.10. The van der Waals surface area contributed by atoms with Gasteiger partial charge in [-0.2, -0.15) is 0 Å². The molecule has 2 aliphatic carbocycles. The number of alkyl halides is 2. The number of likely N-dealkylation sites (tertiary alicyclic amines) is 1. The number of aliphatic hydroxyl groups is 1. The van der Waals surface area contributed by atoms with Gasteiger partial charge in [-0.1, -0.05) is 60.7 Å². The van der Waals surface area contributed by atoms with E-state index < -0.39 is 29.8 Å². The highest BCUT2D eigenvalue weighted by atomic mass is 79.9. The number of benzene rings is 2. The minimum Gasteiger partial charge on any atom is -1.00 e. The molecular weight excluding hydrogens is 528 g/mol. The van der Waals surface area contributed by atoms with E-state index in [9.17, 15) is 18.7 Å². The molecule has 0 aromatic heterocycles. The van der Waals surface area contributed by atoms with Crippen LogP contribution in [0.15, 0.2) is 60.7 Å². The Hall–Kier alpha value is -1.83. The van der Waals surface area contributed by atoms with Crippen LogP contribution in [0, 0.1) is 11.8 Å². The second kappa shape index (κ2) is 10.5. The number of hydrogen-bond donors (Lipinski definition) is 1. The van der Waals surface area contributed by atoms with E-state index in [0.29, 0.717) is 5.56 Å². The zero-order valence-corrected chi connectivity index (χ0v) is 22.4. The zero-order valence-electron chi connectivity index (χ0n) is 20.8. The van der Waals surface area contributed by atoms with Crippen LogP contribution in [0.2, 0.25) is 0 Å². The Bertz CT molecular complexity index is 1040. The summed E-state index contributed by atoms with van der Waals surface area (Å²) in [6.45, 7) is 1.95. The molecule has 2 bridgehead atoms. The number of likely N-dealkylation sites (N-methyl/N-ethyl adjacent to an activating group) is 1. The van der Waals surface area contributed by atoms with Gasteiger partial charge in [0.2, 0.25) is 5.92 Å². The number of nitrogens with zero attached hydrogens (tertiary/aromatic N) is 1. The van der Waals surface area contributed by atoms with Gasteiger partial charge in [-0.15, -0.1) is 0 Å². The third-order valence-electron chi connectivity index (χ3n) is 8.87. The van der Waals surface area contributed by atoms with E-state index in [1.54, 1.807) is 30.3 Å². The van der Waals surface area contributed by atoms with Crippen molar-refractivity contribution in [1.82, 2.24) is 0 Å². The van der Waals surface area contributed by atoms with E-state index in [4.69, 9.17) is 4.74 Å². The van der Waals surface area contributed by atoms with Crippen LogP contribution >= 0.6 is 0 Å². The monoisotopic (exact) mass is 563 g/mol. The molecule has 36 heavy (non-hydrogen) atoms. The molecule has 1 saturated heterocycles. The summed E-state index contributed by atoms with van der Waals surface area (Å²) in [6, 6.07) is 19.2. The van der Waals surface area contributed by atoms with E-state index in [1.165, 1.54) is 5.56 Å². The van der Waals surface area contributed by atoms with Gasteiger partial charge in [0.1, 0.15) is 6.04 Å². The van der Waals surface area contributed by atoms with Crippen LogP contribution in [-0.2, 0) is 21.6 Å². The Balaban J connectivity index is 0.00000304. The van der Waals surface area contributed by atoms with Crippen molar-refractivity contribution >= 4 is 5.97 Å². The predicted molar refractivity (Wildman–Crippen MR) is 130 cm³/mol. The van der Waals surface area contributed by atoms with Gasteiger partial charge in [-0.25, -0.2) is 13.6 Å². The summed E-state index contributed by atoms with van der Waals surface area (Å²) in [4.78, 5) is 13.6. The van der Waals surface area contributed by atoms with Gasteiger partial charge in [0, 0.05) is 31.6 Å². The molecule has 3 aliphatic rings. The molecule has 2 aromatic rings. The van der Waals surface area contributed by atoms with Crippen LogP contribution in [0.4, 0.5) is 8.78 Å². The third kappa shape index (κ3) is 5.11. The molecular formula is C29H36BrF2NO3. The van der Waals surface area contributed by atoms with Gasteiger partial charge in [0.05, 0.1) is 26.1 Å². The maximum atomic E-state index is 14.1. The molecule has 4 nitrogen and oxygen atoms in total. The number of quaternary nitrogens is 1. The Kier molecular flexibility index (Phi) is 7.94. The molecule has 5 rings (SSSR count). The van der Waals surface area contributed by atoms with Crippen molar-refractivity contribution in [2.24, 2.45) is 11.8 Å². The normalized spacial score (nSPS) is 32.0. The zero-order chi connectivity index (χ0) is 24.7. The van der Waals surface area contributed by atoms with Crippen LogP contribution in [0.25, 0.3) is 0 Å². The van der Waals surface area contributed by atoms with E-state index in [1.807, 2.05) is 6.07 Å². The highest BCUT2D eigenvalue weighted by molar-refractivity contribution is 5.82. The number of ether oxygens (including phenoxy) is 1. The SMILES string of the molecule is C[N+]1(CCCc2ccccc2)CC2CC[C@@H]1C2OC(=O)[C@](O)(c1ccccc1)[C@@H]1CCC(F)(F)C1.[Br-]. The average Bonchev–Trinajstić information content (AvgIpc) is 3.50. The molecule has 1 N–H and O–H groups in total. The Morgan fingerprint density at radius 1 is 1.08 bits per heavy atom. The summed E-state index contributed by atoms with van der Waals surface area (Å²) in [6.07, 6.45) is 3.05. The molecule has 6 atom stereocenters.